The molecule has 4 N–H and O–H groups in total. The van der Waals surface area contributed by atoms with Gasteiger partial charge in [0.15, 0.2) is 11.5 Å². The third-order valence-electron chi connectivity index (χ3n) is 8.07. The maximum atomic E-state index is 14.5. The van der Waals surface area contributed by atoms with E-state index in [1.807, 2.05) is 32.0 Å². The van der Waals surface area contributed by atoms with Crippen LogP contribution in [0, 0.1) is 11.8 Å². The van der Waals surface area contributed by atoms with Crippen LogP contribution in [-0.2, 0) is 30.3 Å². The van der Waals surface area contributed by atoms with Crippen molar-refractivity contribution in [2.45, 2.75) is 51.2 Å². The van der Waals surface area contributed by atoms with E-state index in [4.69, 9.17) is 15.2 Å². The van der Waals surface area contributed by atoms with Gasteiger partial charge in [-0.1, -0.05) is 13.3 Å². The zero-order valence-electron chi connectivity index (χ0n) is 23.7. The minimum absolute atomic E-state index is 0.0523. The lowest BCUT2D eigenvalue weighted by Crippen LogP contribution is -2.67. The first-order valence-electron chi connectivity index (χ1n) is 13.4. The first-order valence-corrected chi connectivity index (χ1v) is 13.4. The van der Waals surface area contributed by atoms with Gasteiger partial charge in [0.25, 0.3) is 5.91 Å². The summed E-state index contributed by atoms with van der Waals surface area (Å²) in [6.45, 7) is 3.50. The largest absolute Gasteiger partial charge is 0.507 e. The molecule has 1 aromatic carbocycles. The Kier molecular flexibility index (Phi) is 7.72. The minimum atomic E-state index is -2.42. The van der Waals surface area contributed by atoms with E-state index in [9.17, 15) is 29.4 Å². The summed E-state index contributed by atoms with van der Waals surface area (Å²) in [5.41, 5.74) is 4.18. The number of benzene rings is 1. The number of carbonyl (C=O) groups excluding carboxylic acids is 4. The molecule has 1 saturated carbocycles. The fourth-order valence-corrected chi connectivity index (χ4v) is 6.46. The molecule has 4 rings (SSSR count). The van der Waals surface area contributed by atoms with E-state index in [1.165, 1.54) is 4.90 Å². The van der Waals surface area contributed by atoms with Crippen molar-refractivity contribution in [2.75, 3.05) is 39.7 Å². The Morgan fingerprint density at radius 2 is 1.82 bits per heavy atom. The van der Waals surface area contributed by atoms with E-state index in [2.05, 4.69) is 0 Å². The van der Waals surface area contributed by atoms with Crippen molar-refractivity contribution in [1.82, 2.24) is 4.90 Å². The molecule has 40 heavy (non-hydrogen) atoms. The van der Waals surface area contributed by atoms with Gasteiger partial charge < -0.3 is 30.3 Å². The Labute approximate surface area is 233 Å². The zero-order chi connectivity index (χ0) is 29.7. The second-order valence-electron chi connectivity index (χ2n) is 11.1. The van der Waals surface area contributed by atoms with Gasteiger partial charge >= 0.3 is 5.97 Å². The fourth-order valence-electron chi connectivity index (χ4n) is 6.46. The van der Waals surface area contributed by atoms with Crippen LogP contribution >= 0.6 is 0 Å². The van der Waals surface area contributed by atoms with Gasteiger partial charge in [0.2, 0.25) is 11.4 Å². The van der Waals surface area contributed by atoms with Crippen LogP contribution in [0.25, 0.3) is 5.76 Å². The number of unbranched alkanes of at least 4 members (excludes halogenated alkanes) is 1. The summed E-state index contributed by atoms with van der Waals surface area (Å²) in [6, 6.07) is 2.53. The van der Waals surface area contributed by atoms with Crippen LogP contribution in [0.15, 0.2) is 29.0 Å². The molecule has 0 radical (unpaired) electrons. The molecule has 1 fully saturated rings. The maximum Gasteiger partial charge on any atom is 0.304 e. The number of rotatable bonds is 8. The number of nitrogens with zero attached hydrogens (tertiary/aromatic N) is 2. The number of hydrogen-bond donors (Lipinski definition) is 3. The molecular formula is C29H37N3O8. The third-order valence-corrected chi connectivity index (χ3v) is 8.07. The van der Waals surface area contributed by atoms with Crippen LogP contribution in [0.5, 0.6) is 5.75 Å². The van der Waals surface area contributed by atoms with Crippen molar-refractivity contribution in [3.63, 3.8) is 0 Å². The number of carbonyl (C=O) groups is 4. The summed E-state index contributed by atoms with van der Waals surface area (Å²) in [5, 5.41) is 23.1. The molecule has 0 saturated heterocycles. The Morgan fingerprint density at radius 1 is 1.15 bits per heavy atom. The molecule has 11 heteroatoms. The van der Waals surface area contributed by atoms with Crippen LogP contribution in [0.1, 0.15) is 44.2 Å². The van der Waals surface area contributed by atoms with Gasteiger partial charge in [0, 0.05) is 38.2 Å². The van der Waals surface area contributed by atoms with E-state index in [-0.39, 0.29) is 17.8 Å². The van der Waals surface area contributed by atoms with Crippen LogP contribution < -0.4 is 15.4 Å². The van der Waals surface area contributed by atoms with Crippen molar-refractivity contribution in [2.24, 2.45) is 17.6 Å². The SMILES string of the molecule is CCCCOc1ccc(N(C)C)c2c1C(O)=C1C(=O)C3(OC(C)=O)C(O)=C(C(N)=O)C(=O)C(N(C)C)C3CC1C2. The van der Waals surface area contributed by atoms with Crippen LogP contribution in [-0.4, -0.2) is 85.0 Å². The van der Waals surface area contributed by atoms with E-state index < -0.39 is 58.3 Å². The zero-order valence-corrected chi connectivity index (χ0v) is 23.7. The molecule has 3 aliphatic carbocycles. The van der Waals surface area contributed by atoms with Crippen LogP contribution in [0.3, 0.4) is 0 Å². The second kappa shape index (κ2) is 10.6. The van der Waals surface area contributed by atoms with Crippen molar-refractivity contribution >= 4 is 34.9 Å². The first-order chi connectivity index (χ1) is 18.8. The minimum Gasteiger partial charge on any atom is -0.507 e. The standard InChI is InChI=1S/C29H37N3O8/c1-7-8-11-39-19-10-9-18(31(3)4)16-12-15-13-17-23(32(5)6)25(35)22(28(30)38)27(37)29(17,40-14(2)33)26(36)20(15)24(34)21(16)19/h9-10,15,17,23,34,37H,7-8,11-13H2,1-6H3,(H2,30,38). The Hall–Kier alpha value is -3.86. The monoisotopic (exact) mass is 555 g/mol. The molecule has 1 aromatic rings. The molecule has 1 amide bonds. The number of hydrogen-bond acceptors (Lipinski definition) is 10. The summed E-state index contributed by atoms with van der Waals surface area (Å²) < 4.78 is 11.6. The van der Waals surface area contributed by atoms with Gasteiger partial charge in [-0.15, -0.1) is 0 Å². The molecule has 4 atom stereocenters. The van der Waals surface area contributed by atoms with Crippen LogP contribution in [0.4, 0.5) is 5.69 Å². The molecule has 4 unspecified atom stereocenters. The molecule has 0 spiro atoms. The highest BCUT2D eigenvalue weighted by Crippen LogP contribution is 2.55. The number of fused-ring (bicyclic) bond motifs is 3. The van der Waals surface area contributed by atoms with E-state index >= 15 is 0 Å². The summed E-state index contributed by atoms with van der Waals surface area (Å²) >= 11 is 0. The molecule has 3 aliphatic rings. The van der Waals surface area contributed by atoms with Gasteiger partial charge in [-0.25, -0.2) is 0 Å². The highest BCUT2D eigenvalue weighted by Gasteiger charge is 2.67. The number of amides is 1. The predicted molar refractivity (Wildman–Crippen MR) is 147 cm³/mol. The molecular weight excluding hydrogens is 518 g/mol. The molecule has 0 aliphatic heterocycles. The summed E-state index contributed by atoms with van der Waals surface area (Å²) in [7, 11) is 6.93. The van der Waals surface area contributed by atoms with Gasteiger partial charge in [-0.05, 0) is 57.0 Å². The van der Waals surface area contributed by atoms with Gasteiger partial charge in [0.1, 0.15) is 17.1 Å². The van der Waals surface area contributed by atoms with Gasteiger partial charge in [0.05, 0.1) is 18.2 Å². The number of primary amides is 1. The number of esters is 1. The molecule has 0 aromatic heterocycles. The van der Waals surface area contributed by atoms with Crippen molar-refractivity contribution < 1.29 is 38.9 Å². The summed E-state index contributed by atoms with van der Waals surface area (Å²) in [4.78, 5) is 56.1. The van der Waals surface area contributed by atoms with E-state index in [1.54, 1.807) is 20.2 Å². The van der Waals surface area contributed by atoms with E-state index in [0.717, 1.165) is 31.0 Å². The highest BCUT2D eigenvalue weighted by atomic mass is 16.6. The van der Waals surface area contributed by atoms with Crippen molar-refractivity contribution in [1.29, 1.82) is 0 Å². The fraction of sp³-hybridized carbons (Fsp3) is 0.517. The number of likely N-dealkylation sites (N-methyl/N-ethyl adjacent to an activating group) is 1. The predicted octanol–water partition coefficient (Wildman–Crippen LogP) is 2.07. The average molecular weight is 556 g/mol. The number of ketones is 2. The molecule has 216 valence electrons. The van der Waals surface area contributed by atoms with E-state index in [0.29, 0.717) is 24.3 Å². The maximum absolute atomic E-state index is 14.5. The third kappa shape index (κ3) is 4.32. The quantitative estimate of drug-likeness (QED) is 0.246. The Bertz CT molecular complexity index is 1340. The normalized spacial score (nSPS) is 25.8. The second-order valence-corrected chi connectivity index (χ2v) is 11.1. The van der Waals surface area contributed by atoms with Crippen molar-refractivity contribution in [3.05, 3.63) is 40.2 Å². The smallest absolute Gasteiger partial charge is 0.304 e. The molecule has 0 bridgehead atoms. The average Bonchev–Trinajstić information content (AvgIpc) is 2.84. The first kappa shape index (κ1) is 29.1. The van der Waals surface area contributed by atoms with Gasteiger partial charge in [-0.2, -0.15) is 0 Å². The lowest BCUT2D eigenvalue weighted by molar-refractivity contribution is -0.179. The molecule has 0 heterocycles. The highest BCUT2D eigenvalue weighted by molar-refractivity contribution is 6.24. The number of ether oxygens (including phenoxy) is 2. The lowest BCUT2D eigenvalue weighted by Gasteiger charge is -2.51. The number of aliphatic hydroxyl groups excluding tert-OH is 2. The number of nitrogens with two attached hydrogens (primary N) is 1. The Balaban J connectivity index is 2.02. The van der Waals surface area contributed by atoms with Gasteiger partial charge in [-0.3, -0.25) is 24.1 Å². The van der Waals surface area contributed by atoms with Crippen LogP contribution in [0.2, 0.25) is 0 Å². The summed E-state index contributed by atoms with van der Waals surface area (Å²) in [6.07, 6.45) is 2.11. The molecule has 11 nitrogen and oxygen atoms in total. The Morgan fingerprint density at radius 3 is 2.38 bits per heavy atom. The topological polar surface area (TPSA) is 160 Å². The van der Waals surface area contributed by atoms with Crippen molar-refractivity contribution in [3.8, 4) is 5.75 Å². The summed E-state index contributed by atoms with van der Waals surface area (Å²) in [5.74, 6) is -6.38. The number of Topliss-reactive ketones (excluding diaryl/α,β-unsaturated/α-hetero) is 2. The number of aliphatic hydroxyl groups is 2. The number of anilines is 1. The lowest BCUT2D eigenvalue weighted by atomic mass is 9.57.